The maximum absolute atomic E-state index is 12.5. The zero-order valence-corrected chi connectivity index (χ0v) is 11.8. The lowest BCUT2D eigenvalue weighted by molar-refractivity contribution is -0.137. The fourth-order valence-electron chi connectivity index (χ4n) is 1.55. The number of nitrogens with one attached hydrogen (secondary N) is 1. The summed E-state index contributed by atoms with van der Waals surface area (Å²) in [5.41, 5.74) is 4.71. The van der Waals surface area contributed by atoms with Gasteiger partial charge in [0.25, 0.3) is 0 Å². The summed E-state index contributed by atoms with van der Waals surface area (Å²) >= 11 is 0. The number of benzene rings is 1. The highest BCUT2D eigenvalue weighted by atomic mass is 32.2. The van der Waals surface area contributed by atoms with Crippen molar-refractivity contribution in [2.45, 2.75) is 31.3 Å². The van der Waals surface area contributed by atoms with Crippen LogP contribution in [-0.4, -0.2) is 21.0 Å². The minimum Gasteiger partial charge on any atom is -0.328 e. The third-order valence-corrected chi connectivity index (χ3v) is 3.89. The van der Waals surface area contributed by atoms with Crippen LogP contribution in [0.3, 0.4) is 0 Å². The lowest BCUT2D eigenvalue weighted by Crippen LogP contribution is -2.30. The van der Waals surface area contributed by atoms with Crippen molar-refractivity contribution in [3.63, 3.8) is 0 Å². The van der Waals surface area contributed by atoms with E-state index >= 15 is 0 Å². The van der Waals surface area contributed by atoms with Crippen LogP contribution in [0.2, 0.25) is 0 Å². The van der Waals surface area contributed by atoms with E-state index in [2.05, 4.69) is 4.72 Å². The highest BCUT2D eigenvalue weighted by molar-refractivity contribution is 7.88. The van der Waals surface area contributed by atoms with Gasteiger partial charge in [-0.2, -0.15) is 13.2 Å². The Morgan fingerprint density at radius 3 is 2.55 bits per heavy atom. The lowest BCUT2D eigenvalue weighted by Gasteiger charge is -2.10. The van der Waals surface area contributed by atoms with E-state index in [-0.39, 0.29) is 18.2 Å². The number of hydrogen-bond donors (Lipinski definition) is 2. The zero-order valence-electron chi connectivity index (χ0n) is 10.9. The van der Waals surface area contributed by atoms with Crippen molar-refractivity contribution < 1.29 is 21.6 Å². The Balaban J connectivity index is 2.73. The van der Waals surface area contributed by atoms with Crippen molar-refractivity contribution in [3.05, 3.63) is 35.4 Å². The Bertz CT molecular complexity index is 542. The highest BCUT2D eigenvalue weighted by Gasteiger charge is 2.30. The molecule has 1 unspecified atom stereocenters. The van der Waals surface area contributed by atoms with Crippen molar-refractivity contribution in [2.75, 3.05) is 6.54 Å². The zero-order chi connectivity index (χ0) is 15.4. The Hall–Kier alpha value is -1.12. The van der Waals surface area contributed by atoms with E-state index in [1.54, 1.807) is 6.92 Å². The lowest BCUT2D eigenvalue weighted by atomic mass is 10.1. The Kier molecular flexibility index (Phi) is 5.55. The van der Waals surface area contributed by atoms with Crippen LogP contribution in [0.4, 0.5) is 13.2 Å². The molecule has 20 heavy (non-hydrogen) atoms. The molecule has 0 spiro atoms. The van der Waals surface area contributed by atoms with E-state index in [9.17, 15) is 21.6 Å². The third-order valence-electron chi connectivity index (χ3n) is 2.53. The van der Waals surface area contributed by atoms with Crippen molar-refractivity contribution in [2.24, 2.45) is 5.73 Å². The molecule has 0 heterocycles. The molecule has 1 aromatic rings. The molecule has 0 saturated carbocycles. The van der Waals surface area contributed by atoms with Gasteiger partial charge in [0.2, 0.25) is 10.0 Å². The average Bonchev–Trinajstić information content (AvgIpc) is 2.26. The summed E-state index contributed by atoms with van der Waals surface area (Å²) in [5.74, 6) is -0.490. The highest BCUT2D eigenvalue weighted by Crippen LogP contribution is 2.29. The van der Waals surface area contributed by atoms with Gasteiger partial charge in [-0.1, -0.05) is 18.2 Å². The van der Waals surface area contributed by atoms with Gasteiger partial charge in [0.1, 0.15) is 0 Å². The summed E-state index contributed by atoms with van der Waals surface area (Å²) in [4.78, 5) is 0. The van der Waals surface area contributed by atoms with E-state index in [0.717, 1.165) is 12.1 Å². The molecule has 0 radical (unpaired) electrons. The first-order valence-electron chi connectivity index (χ1n) is 5.99. The minimum atomic E-state index is -4.48. The summed E-state index contributed by atoms with van der Waals surface area (Å²) in [6, 6.07) is 4.13. The second-order valence-electron chi connectivity index (χ2n) is 4.62. The normalized spacial score (nSPS) is 14.2. The first-order chi connectivity index (χ1) is 9.10. The van der Waals surface area contributed by atoms with E-state index < -0.39 is 27.5 Å². The molecule has 1 atom stereocenters. The van der Waals surface area contributed by atoms with Gasteiger partial charge in [0.15, 0.2) is 0 Å². The molecule has 1 aromatic carbocycles. The average molecular weight is 310 g/mol. The number of sulfonamides is 1. The summed E-state index contributed by atoms with van der Waals surface area (Å²) in [5, 5.41) is 0. The van der Waals surface area contributed by atoms with Gasteiger partial charge in [-0.3, -0.25) is 0 Å². The van der Waals surface area contributed by atoms with Crippen molar-refractivity contribution in [1.29, 1.82) is 0 Å². The number of alkyl halides is 3. The third kappa shape index (κ3) is 5.89. The van der Waals surface area contributed by atoms with Crippen LogP contribution < -0.4 is 10.5 Å². The van der Waals surface area contributed by atoms with Crippen molar-refractivity contribution in [1.82, 2.24) is 4.72 Å². The summed E-state index contributed by atoms with van der Waals surface area (Å²) in [6.45, 7) is 1.90. The molecule has 1 rings (SSSR count). The predicted molar refractivity (Wildman–Crippen MR) is 70.3 cm³/mol. The van der Waals surface area contributed by atoms with Gasteiger partial charge in [0, 0.05) is 12.6 Å². The second-order valence-corrected chi connectivity index (χ2v) is 6.42. The first-order valence-corrected chi connectivity index (χ1v) is 7.64. The SMILES string of the molecule is CC(N)CCNS(=O)(=O)Cc1cccc(C(F)(F)F)c1. The molecule has 0 saturated heterocycles. The van der Waals surface area contributed by atoms with Crippen LogP contribution in [0, 0.1) is 0 Å². The minimum absolute atomic E-state index is 0.0909. The van der Waals surface area contributed by atoms with Crippen molar-refractivity contribution in [3.8, 4) is 0 Å². The van der Waals surface area contributed by atoms with Crippen LogP contribution in [0.1, 0.15) is 24.5 Å². The monoisotopic (exact) mass is 310 g/mol. The number of halogens is 3. The fourth-order valence-corrected chi connectivity index (χ4v) is 2.70. The molecule has 0 amide bonds. The largest absolute Gasteiger partial charge is 0.416 e. The van der Waals surface area contributed by atoms with Crippen LogP contribution in [0.5, 0.6) is 0 Å². The molecule has 0 aliphatic rings. The fraction of sp³-hybridized carbons (Fsp3) is 0.500. The Morgan fingerprint density at radius 2 is 2.00 bits per heavy atom. The van der Waals surface area contributed by atoms with Gasteiger partial charge in [-0.05, 0) is 25.0 Å². The molecule has 4 nitrogen and oxygen atoms in total. The van der Waals surface area contributed by atoms with Gasteiger partial charge < -0.3 is 5.73 Å². The van der Waals surface area contributed by atoms with Gasteiger partial charge in [-0.15, -0.1) is 0 Å². The molecular weight excluding hydrogens is 293 g/mol. The molecule has 0 fully saturated rings. The number of nitrogens with two attached hydrogens (primary N) is 1. The van der Waals surface area contributed by atoms with E-state index in [1.165, 1.54) is 12.1 Å². The molecule has 0 aromatic heterocycles. The van der Waals surface area contributed by atoms with Gasteiger partial charge in [0.05, 0.1) is 11.3 Å². The van der Waals surface area contributed by atoms with E-state index in [0.29, 0.717) is 6.42 Å². The smallest absolute Gasteiger partial charge is 0.328 e. The van der Waals surface area contributed by atoms with Gasteiger partial charge in [-0.25, -0.2) is 13.1 Å². The second kappa shape index (κ2) is 6.55. The maximum atomic E-state index is 12.5. The maximum Gasteiger partial charge on any atom is 0.416 e. The standard InChI is InChI=1S/C12H17F3N2O2S/c1-9(16)5-6-17-20(18,19)8-10-3-2-4-11(7-10)12(13,14)15/h2-4,7,9,17H,5-6,8,16H2,1H3. The molecule has 0 aliphatic heterocycles. The number of rotatable bonds is 6. The van der Waals surface area contributed by atoms with E-state index in [4.69, 9.17) is 5.73 Å². The number of hydrogen-bond acceptors (Lipinski definition) is 3. The molecule has 8 heteroatoms. The molecular formula is C12H17F3N2O2S. The summed E-state index contributed by atoms with van der Waals surface area (Å²) in [6.07, 6.45) is -4.02. The Morgan fingerprint density at radius 1 is 1.35 bits per heavy atom. The van der Waals surface area contributed by atoms with Crippen LogP contribution in [0.15, 0.2) is 24.3 Å². The molecule has 3 N–H and O–H groups in total. The topological polar surface area (TPSA) is 72.2 Å². The molecule has 114 valence electrons. The summed E-state index contributed by atoms with van der Waals surface area (Å²) in [7, 11) is -3.67. The molecule has 0 aliphatic carbocycles. The van der Waals surface area contributed by atoms with Crippen LogP contribution in [-0.2, 0) is 22.0 Å². The van der Waals surface area contributed by atoms with Gasteiger partial charge >= 0.3 is 6.18 Å². The van der Waals surface area contributed by atoms with E-state index in [1.807, 2.05) is 0 Å². The Labute approximate surface area is 116 Å². The molecule has 0 bridgehead atoms. The summed E-state index contributed by atoms with van der Waals surface area (Å²) < 4.78 is 63.3. The predicted octanol–water partition coefficient (Wildman–Crippen LogP) is 1.86. The quantitative estimate of drug-likeness (QED) is 0.842. The van der Waals surface area contributed by atoms with Crippen molar-refractivity contribution >= 4 is 10.0 Å². The first kappa shape index (κ1) is 16.9. The van der Waals surface area contributed by atoms with Crippen LogP contribution >= 0.6 is 0 Å². The van der Waals surface area contributed by atoms with Crippen LogP contribution in [0.25, 0.3) is 0 Å².